The minimum atomic E-state index is 0.123. The Morgan fingerprint density at radius 1 is 0.700 bits per heavy atom. The molecule has 7 nitrogen and oxygen atoms in total. The van der Waals surface area contributed by atoms with Crippen LogP contribution in [0.15, 0.2) is 140 Å². The summed E-state index contributed by atoms with van der Waals surface area (Å²) in [5.74, 6) is 1.95. The third-order valence-electron chi connectivity index (χ3n) is 9.82. The first-order valence-electron chi connectivity index (χ1n) is 17.7. The molecule has 50 heavy (non-hydrogen) atoms. The van der Waals surface area contributed by atoms with Crippen LogP contribution < -0.4 is 19.3 Å². The van der Waals surface area contributed by atoms with Gasteiger partial charge >= 0.3 is 0 Å². The molecule has 0 bridgehead atoms. The van der Waals surface area contributed by atoms with Crippen molar-refractivity contribution in [2.45, 2.75) is 32.0 Å². The number of hydrogen-bond acceptors (Lipinski definition) is 6. The summed E-state index contributed by atoms with van der Waals surface area (Å²) in [7, 11) is 0. The molecule has 0 fully saturated rings. The Hall–Kier alpha value is -5.53. The minimum Gasteiger partial charge on any atom is -0.486 e. The quantitative estimate of drug-likeness (QED) is 0.192. The number of rotatable bonds is 6. The number of para-hydroxylation sites is 6. The van der Waals surface area contributed by atoms with Gasteiger partial charge in [0.15, 0.2) is 0 Å². The van der Waals surface area contributed by atoms with Crippen molar-refractivity contribution in [3.05, 3.63) is 145 Å². The van der Waals surface area contributed by atoms with Gasteiger partial charge in [0, 0.05) is 54.4 Å². The maximum atomic E-state index is 6.43. The third kappa shape index (κ3) is 6.69. The summed E-state index contributed by atoms with van der Waals surface area (Å²) >= 11 is 0. The number of pyridine rings is 1. The van der Waals surface area contributed by atoms with Crippen molar-refractivity contribution in [2.24, 2.45) is 0 Å². The van der Waals surface area contributed by atoms with Crippen LogP contribution in [0.5, 0.6) is 11.5 Å². The summed E-state index contributed by atoms with van der Waals surface area (Å²) in [6.45, 7) is 6.82. The van der Waals surface area contributed by atoms with Crippen molar-refractivity contribution >= 4 is 39.4 Å². The van der Waals surface area contributed by atoms with Crippen molar-refractivity contribution in [2.75, 3.05) is 42.5 Å². The second kappa shape index (κ2) is 14.5. The fourth-order valence-electron chi connectivity index (χ4n) is 7.24. The van der Waals surface area contributed by atoms with E-state index in [1.807, 2.05) is 30.5 Å². The van der Waals surface area contributed by atoms with Gasteiger partial charge in [0.2, 0.25) is 0 Å². The molecule has 0 amide bonds. The van der Waals surface area contributed by atoms with E-state index < -0.39 is 0 Å². The van der Waals surface area contributed by atoms with Gasteiger partial charge in [-0.3, -0.25) is 4.90 Å². The van der Waals surface area contributed by atoms with E-state index in [-0.39, 0.29) is 12.2 Å². The van der Waals surface area contributed by atoms with Crippen LogP contribution in [0.4, 0.5) is 22.7 Å². The lowest BCUT2D eigenvalue weighted by atomic mass is 9.99. The number of ether oxygens (including phenoxy) is 2. The van der Waals surface area contributed by atoms with E-state index in [4.69, 9.17) is 9.47 Å². The van der Waals surface area contributed by atoms with E-state index in [0.717, 1.165) is 74.1 Å². The number of H-pyrrole nitrogens is 1. The van der Waals surface area contributed by atoms with Crippen molar-refractivity contribution in [3.63, 3.8) is 0 Å². The van der Waals surface area contributed by atoms with Gasteiger partial charge in [0.25, 0.3) is 0 Å². The monoisotopic (exact) mass is 661 g/mol. The van der Waals surface area contributed by atoms with Gasteiger partial charge in [-0.1, -0.05) is 73.7 Å². The summed E-state index contributed by atoms with van der Waals surface area (Å²) in [5, 5.41) is 1.21. The van der Waals surface area contributed by atoms with E-state index in [1.165, 1.54) is 27.9 Å². The maximum Gasteiger partial charge on any atom is 0.143 e. The number of hydrogen-bond donors (Lipinski definition) is 1. The van der Waals surface area contributed by atoms with Crippen molar-refractivity contribution in [3.8, 4) is 11.5 Å². The molecule has 0 aliphatic carbocycles. The predicted octanol–water partition coefficient (Wildman–Crippen LogP) is 9.25. The molecule has 7 heteroatoms. The molecule has 1 N–H and O–H groups in total. The molecule has 4 aromatic carbocycles. The Morgan fingerprint density at radius 3 is 1.92 bits per heavy atom. The average molecular weight is 662 g/mol. The molecule has 2 atom stereocenters. The highest BCUT2D eigenvalue weighted by Gasteiger charge is 2.29. The van der Waals surface area contributed by atoms with Crippen molar-refractivity contribution in [1.82, 2.24) is 14.9 Å². The molecule has 2 unspecified atom stereocenters. The zero-order valence-corrected chi connectivity index (χ0v) is 28.5. The lowest BCUT2D eigenvalue weighted by Crippen LogP contribution is -2.45. The molecule has 252 valence electrons. The van der Waals surface area contributed by atoms with Gasteiger partial charge in [-0.05, 0) is 79.1 Å². The van der Waals surface area contributed by atoms with Gasteiger partial charge < -0.3 is 24.3 Å². The Kier molecular flexibility index (Phi) is 9.22. The first-order chi connectivity index (χ1) is 24.7. The number of fused-ring (bicyclic) bond motifs is 3. The molecule has 0 saturated heterocycles. The summed E-state index contributed by atoms with van der Waals surface area (Å²) in [6, 6.07) is 41.9. The first kappa shape index (κ1) is 31.7. The van der Waals surface area contributed by atoms with E-state index in [0.29, 0.717) is 0 Å². The summed E-state index contributed by atoms with van der Waals surface area (Å²) < 4.78 is 12.4. The second-order valence-electron chi connectivity index (χ2n) is 13.1. The highest BCUT2D eigenvalue weighted by molar-refractivity contribution is 5.90. The minimum absolute atomic E-state index is 0.123. The van der Waals surface area contributed by atoms with Crippen LogP contribution in [0.2, 0.25) is 0 Å². The number of aromatic nitrogens is 2. The predicted molar refractivity (Wildman–Crippen MR) is 204 cm³/mol. The largest absolute Gasteiger partial charge is 0.486 e. The molecule has 9 rings (SSSR count). The van der Waals surface area contributed by atoms with Gasteiger partial charge in [-0.15, -0.1) is 0 Å². The van der Waals surface area contributed by atoms with Gasteiger partial charge in [-0.25, -0.2) is 4.98 Å². The molecular formula is C43H43N5O2. The Balaban J connectivity index is 0.000000170. The normalized spacial score (nSPS) is 18.5. The molecule has 0 radical (unpaired) electrons. The van der Waals surface area contributed by atoms with Gasteiger partial charge in [-0.2, -0.15) is 0 Å². The molecule has 0 spiro atoms. The van der Waals surface area contributed by atoms with Crippen LogP contribution in [-0.4, -0.2) is 59.8 Å². The fraction of sp³-hybridized carbons (Fsp3) is 0.233. The van der Waals surface area contributed by atoms with Gasteiger partial charge in [0.05, 0.1) is 24.5 Å². The molecule has 2 aromatic heterocycles. The standard InChI is InChI=1S/C27H26N4O.C16H17NO/c1-2-7-21(8-3-1)31-19-22(32-26-11-5-4-10-25(26)31)18-30-15-12-20(13-16-30)24-17-29-27-23(24)9-6-14-28-27;1-2-14-12-17(13-8-4-3-5-9-13)15-10-6-7-11-16(15)18-14/h1-12,14,17,22H,13,15-16,18-19H2,(H,28,29);3-11,14H,2,12H2,1H3. The molecule has 5 heterocycles. The smallest absolute Gasteiger partial charge is 0.143 e. The van der Waals surface area contributed by atoms with E-state index >= 15 is 0 Å². The maximum absolute atomic E-state index is 6.43. The fourth-order valence-corrected chi connectivity index (χ4v) is 7.24. The lowest BCUT2D eigenvalue weighted by Gasteiger charge is -2.38. The Labute approximate surface area is 294 Å². The molecular weight excluding hydrogens is 619 g/mol. The number of anilines is 4. The number of aromatic amines is 1. The van der Waals surface area contributed by atoms with Crippen LogP contribution in [0.3, 0.4) is 0 Å². The molecule has 0 saturated carbocycles. The third-order valence-corrected chi connectivity index (χ3v) is 9.82. The van der Waals surface area contributed by atoms with Crippen LogP contribution >= 0.6 is 0 Å². The number of nitrogens with one attached hydrogen (secondary N) is 1. The zero-order chi connectivity index (χ0) is 33.7. The van der Waals surface area contributed by atoms with E-state index in [9.17, 15) is 0 Å². The molecule has 6 aromatic rings. The number of benzene rings is 4. The SMILES string of the molecule is C1=C(c2c[nH]c3ncccc23)CCN(CC2CN(c3ccccc3)c3ccccc3O2)C1.CCC1CN(c2ccccc2)c2ccccc2O1. The van der Waals surface area contributed by atoms with Crippen LogP contribution in [0.1, 0.15) is 25.3 Å². The van der Waals surface area contributed by atoms with Gasteiger partial charge in [0.1, 0.15) is 29.4 Å². The van der Waals surface area contributed by atoms with Crippen LogP contribution in [0.25, 0.3) is 16.6 Å². The van der Waals surface area contributed by atoms with E-state index in [1.54, 1.807) is 0 Å². The first-order valence-corrected chi connectivity index (χ1v) is 17.7. The van der Waals surface area contributed by atoms with Crippen LogP contribution in [-0.2, 0) is 0 Å². The van der Waals surface area contributed by atoms with Crippen molar-refractivity contribution in [1.29, 1.82) is 0 Å². The summed E-state index contributed by atoms with van der Waals surface area (Å²) in [5.41, 5.74) is 8.39. The highest BCUT2D eigenvalue weighted by atomic mass is 16.5. The second-order valence-corrected chi connectivity index (χ2v) is 13.1. The van der Waals surface area contributed by atoms with Crippen molar-refractivity contribution < 1.29 is 9.47 Å². The summed E-state index contributed by atoms with van der Waals surface area (Å²) in [4.78, 5) is 14.9. The Bertz CT molecular complexity index is 2060. The Morgan fingerprint density at radius 2 is 1.30 bits per heavy atom. The molecule has 3 aliphatic heterocycles. The van der Waals surface area contributed by atoms with E-state index in [2.05, 4.69) is 141 Å². The van der Waals surface area contributed by atoms with Crippen LogP contribution in [0, 0.1) is 0 Å². The topological polar surface area (TPSA) is 56.9 Å². The lowest BCUT2D eigenvalue weighted by molar-refractivity contribution is 0.137. The average Bonchev–Trinajstić information content (AvgIpc) is 3.63. The number of nitrogens with zero attached hydrogens (tertiary/aromatic N) is 4. The molecule has 3 aliphatic rings. The summed E-state index contributed by atoms with van der Waals surface area (Å²) in [6.07, 6.45) is 8.74. The highest BCUT2D eigenvalue weighted by Crippen LogP contribution is 2.39. The zero-order valence-electron chi connectivity index (χ0n) is 28.5.